The second kappa shape index (κ2) is 11.9. The molecule has 0 unspecified atom stereocenters. The SMILES string of the molecule is CCOc1ccc(C(C)=O)cc1N1C(=O)[C@@H]2[C@H](C1=O)[C@@]1(c3ccccc3)C(=O)[C@@]2(c2ccccc2)C(c2ccc3c(c2)OCO3)=C1c1ccc2c(c1)OCO2. The molecule has 10 heteroatoms. The third-order valence-corrected chi connectivity index (χ3v) is 11.7. The van der Waals surface area contributed by atoms with Crippen molar-refractivity contribution in [3.05, 3.63) is 143 Å². The third-order valence-electron chi connectivity index (χ3n) is 11.7. The molecule has 0 aromatic heterocycles. The van der Waals surface area contributed by atoms with E-state index in [0.29, 0.717) is 62.0 Å². The van der Waals surface area contributed by atoms with Gasteiger partial charge in [0, 0.05) is 5.56 Å². The Morgan fingerprint density at radius 3 is 1.62 bits per heavy atom. The van der Waals surface area contributed by atoms with Crippen LogP contribution in [-0.2, 0) is 25.2 Å². The lowest BCUT2D eigenvalue weighted by Crippen LogP contribution is -2.45. The highest BCUT2D eigenvalue weighted by molar-refractivity contribution is 6.39. The Kier molecular flexibility index (Phi) is 7.13. The number of benzene rings is 5. The minimum absolute atomic E-state index is 0.0394. The summed E-state index contributed by atoms with van der Waals surface area (Å²) in [4.78, 5) is 61.4. The van der Waals surface area contributed by atoms with E-state index < -0.39 is 34.5 Å². The molecule has 10 rings (SSSR count). The van der Waals surface area contributed by atoms with Crippen LogP contribution in [0.2, 0.25) is 0 Å². The van der Waals surface area contributed by atoms with Crippen LogP contribution in [0.25, 0.3) is 11.1 Å². The van der Waals surface area contributed by atoms with Gasteiger partial charge in [0.1, 0.15) is 5.75 Å². The predicted octanol–water partition coefficient (Wildman–Crippen LogP) is 6.93. The fourth-order valence-electron chi connectivity index (χ4n) is 9.65. The van der Waals surface area contributed by atoms with Crippen LogP contribution in [0.3, 0.4) is 0 Å². The van der Waals surface area contributed by atoms with Crippen molar-refractivity contribution in [2.24, 2.45) is 11.8 Å². The summed E-state index contributed by atoms with van der Waals surface area (Å²) in [5.41, 5.74) is 0.698. The summed E-state index contributed by atoms with van der Waals surface area (Å²) in [5.74, 6) is -1.64. The van der Waals surface area contributed by atoms with Crippen LogP contribution in [-0.4, -0.2) is 43.6 Å². The fraction of sp³-hybridized carbons (Fsp3) is 0.200. The molecule has 2 amide bonds. The number of ketones is 2. The Balaban J connectivity index is 1.35. The number of allylic oxidation sites excluding steroid dienone is 2. The molecule has 5 aliphatic rings. The van der Waals surface area contributed by atoms with E-state index in [1.54, 1.807) is 31.2 Å². The van der Waals surface area contributed by atoms with Crippen molar-refractivity contribution >= 4 is 40.2 Å². The molecule has 3 aliphatic heterocycles. The number of carbonyl (C=O) groups excluding carboxylic acids is 4. The van der Waals surface area contributed by atoms with Gasteiger partial charge in [0.15, 0.2) is 34.6 Å². The van der Waals surface area contributed by atoms with E-state index in [0.717, 1.165) is 4.90 Å². The number of imide groups is 1. The number of carbonyl (C=O) groups is 4. The lowest BCUT2D eigenvalue weighted by atomic mass is 9.59. The molecule has 4 atom stereocenters. The topological polar surface area (TPSA) is 118 Å². The predicted molar refractivity (Wildman–Crippen MR) is 200 cm³/mol. The molecule has 10 nitrogen and oxygen atoms in total. The summed E-state index contributed by atoms with van der Waals surface area (Å²) in [7, 11) is 0. The maximum absolute atomic E-state index is 16.4. The van der Waals surface area contributed by atoms with Gasteiger partial charge in [0.25, 0.3) is 0 Å². The van der Waals surface area contributed by atoms with E-state index in [1.165, 1.54) is 13.0 Å². The highest BCUT2D eigenvalue weighted by atomic mass is 16.7. The Labute approximate surface area is 315 Å². The molecule has 0 N–H and O–H groups in total. The van der Waals surface area contributed by atoms with Gasteiger partial charge in [-0.1, -0.05) is 72.8 Å². The second-order valence-electron chi connectivity index (χ2n) is 14.2. The molecule has 1 saturated heterocycles. The van der Waals surface area contributed by atoms with Crippen LogP contribution in [0.5, 0.6) is 28.7 Å². The molecule has 5 aromatic carbocycles. The van der Waals surface area contributed by atoms with E-state index in [2.05, 4.69) is 0 Å². The molecule has 55 heavy (non-hydrogen) atoms. The van der Waals surface area contributed by atoms with Crippen molar-refractivity contribution in [1.29, 1.82) is 0 Å². The van der Waals surface area contributed by atoms with Crippen LogP contribution in [0, 0.1) is 11.8 Å². The lowest BCUT2D eigenvalue weighted by molar-refractivity contribution is -0.130. The van der Waals surface area contributed by atoms with Gasteiger partial charge in [-0.05, 0) is 89.7 Å². The molecule has 272 valence electrons. The minimum Gasteiger partial charge on any atom is -0.492 e. The highest BCUT2D eigenvalue weighted by Crippen LogP contribution is 2.75. The number of amides is 2. The zero-order valence-corrected chi connectivity index (χ0v) is 29.9. The van der Waals surface area contributed by atoms with Crippen LogP contribution in [0.1, 0.15) is 46.5 Å². The zero-order valence-electron chi connectivity index (χ0n) is 29.9. The van der Waals surface area contributed by atoms with Gasteiger partial charge in [-0.15, -0.1) is 0 Å². The third kappa shape index (κ3) is 4.24. The number of hydrogen-bond donors (Lipinski definition) is 0. The number of fused-ring (bicyclic) bond motifs is 7. The average Bonchev–Trinajstić information content (AvgIpc) is 4.02. The normalized spacial score (nSPS) is 24.2. The van der Waals surface area contributed by atoms with Gasteiger partial charge >= 0.3 is 0 Å². The van der Waals surface area contributed by atoms with Gasteiger partial charge in [-0.25, -0.2) is 4.90 Å². The highest BCUT2D eigenvalue weighted by Gasteiger charge is 2.83. The summed E-state index contributed by atoms with van der Waals surface area (Å²) in [6.45, 7) is 3.56. The van der Waals surface area contributed by atoms with Gasteiger partial charge in [-0.3, -0.25) is 19.2 Å². The maximum Gasteiger partial charge on any atom is 0.239 e. The average molecular weight is 732 g/mol. The lowest BCUT2D eigenvalue weighted by Gasteiger charge is -2.39. The van der Waals surface area contributed by atoms with Crippen molar-refractivity contribution in [2.45, 2.75) is 24.7 Å². The van der Waals surface area contributed by atoms with Gasteiger partial charge < -0.3 is 23.7 Å². The van der Waals surface area contributed by atoms with Gasteiger partial charge in [-0.2, -0.15) is 0 Å². The smallest absolute Gasteiger partial charge is 0.239 e. The summed E-state index contributed by atoms with van der Waals surface area (Å²) in [6.07, 6.45) is 0. The van der Waals surface area contributed by atoms with Crippen LogP contribution < -0.4 is 28.6 Å². The standard InChI is InChI=1S/C45H33NO9/c1-3-51-32-17-14-26(25(2)47)20-31(32)46-41(48)39-40(42(46)49)45(30-12-8-5-9-13-30)38(28-16-19-34-36(22-28)55-24-53-34)37(27-15-18-33-35(21-27)54-23-52-33)44(39,43(45)50)29-10-6-4-7-11-29/h4-22,39-40H,3,23-24H2,1-2H3/t39-,40+,44-,45-/m0/s1. The number of nitrogens with zero attached hydrogens (tertiary/aromatic N) is 1. The first kappa shape index (κ1) is 32.9. The maximum atomic E-state index is 16.4. The van der Waals surface area contributed by atoms with Crippen molar-refractivity contribution in [3.8, 4) is 28.7 Å². The van der Waals surface area contributed by atoms with E-state index in [1.807, 2.05) is 84.9 Å². The number of Topliss-reactive ketones (excluding diaryl/α,β-unsaturated/α-hetero) is 2. The molecule has 5 aromatic rings. The number of rotatable bonds is 8. The molecule has 0 radical (unpaired) electrons. The second-order valence-corrected chi connectivity index (χ2v) is 14.2. The Morgan fingerprint density at radius 2 is 1.15 bits per heavy atom. The molecule has 2 aliphatic carbocycles. The number of hydrogen-bond acceptors (Lipinski definition) is 9. The Morgan fingerprint density at radius 1 is 0.655 bits per heavy atom. The van der Waals surface area contributed by atoms with Crippen molar-refractivity contribution in [1.82, 2.24) is 0 Å². The van der Waals surface area contributed by atoms with Crippen molar-refractivity contribution in [3.63, 3.8) is 0 Å². The summed E-state index contributed by atoms with van der Waals surface area (Å²) < 4.78 is 29.2. The minimum atomic E-state index is -1.67. The Hall–Kier alpha value is -6.68. The molecule has 3 heterocycles. The van der Waals surface area contributed by atoms with Gasteiger partial charge in [0.2, 0.25) is 25.4 Å². The van der Waals surface area contributed by atoms with E-state index >= 15 is 14.4 Å². The molecule has 0 spiro atoms. The summed E-state index contributed by atoms with van der Waals surface area (Å²) in [5, 5.41) is 0. The van der Waals surface area contributed by atoms with E-state index in [4.69, 9.17) is 23.7 Å². The summed E-state index contributed by atoms with van der Waals surface area (Å²) >= 11 is 0. The van der Waals surface area contributed by atoms with Gasteiger partial charge in [0.05, 0.1) is 35.0 Å². The quantitative estimate of drug-likeness (QED) is 0.124. The monoisotopic (exact) mass is 731 g/mol. The Bertz CT molecular complexity index is 2390. The number of ether oxygens (including phenoxy) is 5. The fourth-order valence-corrected chi connectivity index (χ4v) is 9.65. The van der Waals surface area contributed by atoms with Crippen LogP contribution in [0.4, 0.5) is 5.69 Å². The van der Waals surface area contributed by atoms with Crippen molar-refractivity contribution in [2.75, 3.05) is 25.1 Å². The molecular weight excluding hydrogens is 698 g/mol. The first-order chi connectivity index (χ1) is 26.8. The van der Waals surface area contributed by atoms with Crippen LogP contribution in [0.15, 0.2) is 115 Å². The van der Waals surface area contributed by atoms with Crippen molar-refractivity contribution < 1.29 is 42.9 Å². The molecular formula is C45H33NO9. The molecule has 1 saturated carbocycles. The van der Waals surface area contributed by atoms with E-state index in [9.17, 15) is 4.79 Å². The molecule has 2 fully saturated rings. The first-order valence-electron chi connectivity index (χ1n) is 18.2. The largest absolute Gasteiger partial charge is 0.492 e. The summed E-state index contributed by atoms with van der Waals surface area (Å²) in [6, 6.07) is 34.3. The molecule has 2 bridgehead atoms. The number of anilines is 1. The van der Waals surface area contributed by atoms with E-state index in [-0.39, 0.29) is 43.2 Å². The first-order valence-corrected chi connectivity index (χ1v) is 18.2. The van der Waals surface area contributed by atoms with Crippen LogP contribution >= 0.6 is 0 Å². The zero-order chi connectivity index (χ0) is 37.6.